The predicted molar refractivity (Wildman–Crippen MR) is 105 cm³/mol. The number of hydrogen-bond acceptors (Lipinski definition) is 5. The molecule has 7 heteroatoms. The number of sulfonamides is 1. The van der Waals surface area contributed by atoms with Crippen molar-refractivity contribution in [2.75, 3.05) is 11.8 Å². The van der Waals surface area contributed by atoms with Crippen LogP contribution in [0.3, 0.4) is 0 Å². The molecule has 0 bridgehead atoms. The Kier molecular flexibility index (Phi) is 5.23. The van der Waals surface area contributed by atoms with Gasteiger partial charge < -0.3 is 9.26 Å². The molecule has 0 amide bonds. The molecule has 1 aromatic heterocycles. The Bertz CT molecular complexity index is 1070. The molecule has 6 nitrogen and oxygen atoms in total. The molecule has 2 aromatic carbocycles. The van der Waals surface area contributed by atoms with Crippen LogP contribution in [0.4, 0.5) is 5.69 Å². The van der Waals surface area contributed by atoms with E-state index in [0.717, 1.165) is 23.2 Å². The van der Waals surface area contributed by atoms with E-state index in [9.17, 15) is 8.42 Å². The Labute approximate surface area is 159 Å². The third kappa shape index (κ3) is 3.83. The van der Waals surface area contributed by atoms with Crippen molar-refractivity contribution in [2.45, 2.75) is 32.1 Å². The molecule has 0 spiro atoms. The highest BCUT2D eigenvalue weighted by Crippen LogP contribution is 2.33. The van der Waals surface area contributed by atoms with E-state index in [0.29, 0.717) is 17.0 Å². The zero-order valence-corrected chi connectivity index (χ0v) is 16.6. The van der Waals surface area contributed by atoms with Crippen molar-refractivity contribution >= 4 is 15.7 Å². The Morgan fingerprint density at radius 2 is 1.93 bits per heavy atom. The number of ether oxygens (including phenoxy) is 1. The summed E-state index contributed by atoms with van der Waals surface area (Å²) in [6.07, 6.45) is 0.818. The standard InChI is InChI=1S/C20H22N2O4S/c1-5-15-7-6-8-17(11-15)22-27(23,24)19-12-16(9-10-18(19)25-4)20-13(2)14(3)21-26-20/h6-12,22H,5H2,1-4H3. The van der Waals surface area contributed by atoms with Crippen LogP contribution in [-0.2, 0) is 16.4 Å². The summed E-state index contributed by atoms with van der Waals surface area (Å²) in [4.78, 5) is 0.0397. The van der Waals surface area contributed by atoms with Gasteiger partial charge in [0, 0.05) is 16.8 Å². The second-order valence-electron chi connectivity index (χ2n) is 6.25. The number of aryl methyl sites for hydroxylation is 2. The van der Waals surface area contributed by atoms with Gasteiger partial charge in [0.15, 0.2) is 5.76 Å². The topological polar surface area (TPSA) is 81.4 Å². The molecule has 0 saturated carbocycles. The maximum Gasteiger partial charge on any atom is 0.265 e. The molecule has 0 unspecified atom stereocenters. The molecule has 1 heterocycles. The van der Waals surface area contributed by atoms with Gasteiger partial charge in [-0.1, -0.05) is 24.2 Å². The molecule has 3 rings (SSSR count). The van der Waals surface area contributed by atoms with Gasteiger partial charge in [-0.3, -0.25) is 4.72 Å². The van der Waals surface area contributed by atoms with Gasteiger partial charge in [0.1, 0.15) is 10.6 Å². The summed E-state index contributed by atoms with van der Waals surface area (Å²) >= 11 is 0. The summed E-state index contributed by atoms with van der Waals surface area (Å²) in [7, 11) is -2.41. The second-order valence-corrected chi connectivity index (χ2v) is 7.90. The van der Waals surface area contributed by atoms with Crippen LogP contribution in [0.1, 0.15) is 23.7 Å². The Balaban J connectivity index is 2.05. The van der Waals surface area contributed by atoms with Gasteiger partial charge in [-0.25, -0.2) is 8.42 Å². The number of rotatable bonds is 6. The fourth-order valence-corrected chi connectivity index (χ4v) is 4.02. The molecular formula is C20H22N2O4S. The molecule has 0 aliphatic rings. The fraction of sp³-hybridized carbons (Fsp3) is 0.250. The molecule has 3 aromatic rings. The third-order valence-electron chi connectivity index (χ3n) is 4.46. The average Bonchev–Trinajstić information content (AvgIpc) is 3.00. The first kappa shape index (κ1) is 19.0. The lowest BCUT2D eigenvalue weighted by molar-refractivity contribution is 0.402. The van der Waals surface area contributed by atoms with Crippen molar-refractivity contribution < 1.29 is 17.7 Å². The first-order chi connectivity index (χ1) is 12.9. The minimum absolute atomic E-state index is 0.0397. The number of nitrogens with zero attached hydrogens (tertiary/aromatic N) is 1. The summed E-state index contributed by atoms with van der Waals surface area (Å²) in [5.74, 6) is 0.798. The van der Waals surface area contributed by atoms with Crippen molar-refractivity contribution in [3.63, 3.8) is 0 Å². The predicted octanol–water partition coefficient (Wildman–Crippen LogP) is 4.33. The third-order valence-corrected chi connectivity index (χ3v) is 5.86. The molecule has 27 heavy (non-hydrogen) atoms. The summed E-state index contributed by atoms with van der Waals surface area (Å²) in [5.41, 5.74) is 3.81. The Morgan fingerprint density at radius 3 is 2.56 bits per heavy atom. The van der Waals surface area contributed by atoms with E-state index in [1.54, 1.807) is 18.2 Å². The molecular weight excluding hydrogens is 364 g/mol. The van der Waals surface area contributed by atoms with Gasteiger partial charge >= 0.3 is 0 Å². The normalized spacial score (nSPS) is 11.4. The zero-order chi connectivity index (χ0) is 19.6. The van der Waals surface area contributed by atoms with Gasteiger partial charge in [-0.05, 0) is 56.2 Å². The highest BCUT2D eigenvalue weighted by molar-refractivity contribution is 7.92. The van der Waals surface area contributed by atoms with Crippen LogP contribution in [0.15, 0.2) is 51.9 Å². The number of methoxy groups -OCH3 is 1. The maximum absolute atomic E-state index is 13.0. The molecule has 0 fully saturated rings. The van der Waals surface area contributed by atoms with E-state index in [-0.39, 0.29) is 10.6 Å². The lowest BCUT2D eigenvalue weighted by Crippen LogP contribution is -2.14. The molecule has 142 valence electrons. The van der Waals surface area contributed by atoms with Crippen molar-refractivity contribution in [1.82, 2.24) is 5.16 Å². The SMILES string of the molecule is CCc1cccc(NS(=O)(=O)c2cc(-c3onc(C)c3C)ccc2OC)c1. The van der Waals surface area contributed by atoms with Crippen molar-refractivity contribution in [3.8, 4) is 17.1 Å². The molecule has 1 N–H and O–H groups in total. The van der Waals surface area contributed by atoms with Crippen LogP contribution < -0.4 is 9.46 Å². The minimum atomic E-state index is -3.85. The van der Waals surface area contributed by atoms with Crippen molar-refractivity contribution in [1.29, 1.82) is 0 Å². The Hall–Kier alpha value is -2.80. The number of benzene rings is 2. The van der Waals surface area contributed by atoms with Gasteiger partial charge in [-0.2, -0.15) is 0 Å². The van der Waals surface area contributed by atoms with Crippen LogP contribution in [0.25, 0.3) is 11.3 Å². The second kappa shape index (κ2) is 7.44. The molecule has 0 atom stereocenters. The molecule has 0 aliphatic heterocycles. The molecule has 0 radical (unpaired) electrons. The van der Waals surface area contributed by atoms with E-state index in [2.05, 4.69) is 9.88 Å². The highest BCUT2D eigenvalue weighted by atomic mass is 32.2. The minimum Gasteiger partial charge on any atom is -0.495 e. The number of nitrogens with one attached hydrogen (secondary N) is 1. The summed E-state index contributed by atoms with van der Waals surface area (Å²) in [6.45, 7) is 5.74. The lowest BCUT2D eigenvalue weighted by atomic mass is 10.1. The van der Waals surface area contributed by atoms with Crippen molar-refractivity contribution in [3.05, 3.63) is 59.3 Å². The lowest BCUT2D eigenvalue weighted by Gasteiger charge is -2.13. The summed E-state index contributed by atoms with van der Waals surface area (Å²) < 4.78 is 39.3. The smallest absolute Gasteiger partial charge is 0.265 e. The maximum atomic E-state index is 13.0. The van der Waals surface area contributed by atoms with Crippen LogP contribution in [0.5, 0.6) is 5.75 Å². The Morgan fingerprint density at radius 1 is 1.15 bits per heavy atom. The van der Waals surface area contributed by atoms with Gasteiger partial charge in [0.2, 0.25) is 0 Å². The largest absolute Gasteiger partial charge is 0.495 e. The average molecular weight is 386 g/mol. The quantitative estimate of drug-likeness (QED) is 0.682. The van der Waals surface area contributed by atoms with Gasteiger partial charge in [-0.15, -0.1) is 0 Å². The molecule has 0 aliphatic carbocycles. The zero-order valence-electron chi connectivity index (χ0n) is 15.7. The number of hydrogen-bond donors (Lipinski definition) is 1. The number of aromatic nitrogens is 1. The van der Waals surface area contributed by atoms with E-state index >= 15 is 0 Å². The first-order valence-electron chi connectivity index (χ1n) is 8.58. The van der Waals surface area contributed by atoms with E-state index in [1.807, 2.05) is 39.0 Å². The van der Waals surface area contributed by atoms with E-state index in [1.165, 1.54) is 13.2 Å². The van der Waals surface area contributed by atoms with Crippen LogP contribution in [0, 0.1) is 13.8 Å². The van der Waals surface area contributed by atoms with Crippen LogP contribution >= 0.6 is 0 Å². The highest BCUT2D eigenvalue weighted by Gasteiger charge is 2.22. The summed E-state index contributed by atoms with van der Waals surface area (Å²) in [6, 6.07) is 12.2. The van der Waals surface area contributed by atoms with Crippen LogP contribution in [-0.4, -0.2) is 20.7 Å². The molecule has 0 saturated heterocycles. The summed E-state index contributed by atoms with van der Waals surface area (Å²) in [5, 5.41) is 3.94. The van der Waals surface area contributed by atoms with Gasteiger partial charge in [0.25, 0.3) is 10.0 Å². The van der Waals surface area contributed by atoms with Gasteiger partial charge in [0.05, 0.1) is 12.8 Å². The van der Waals surface area contributed by atoms with Crippen molar-refractivity contribution in [2.24, 2.45) is 0 Å². The van der Waals surface area contributed by atoms with Crippen LogP contribution in [0.2, 0.25) is 0 Å². The monoisotopic (exact) mass is 386 g/mol. The fourth-order valence-electron chi connectivity index (χ4n) is 2.78. The van der Waals surface area contributed by atoms with E-state index < -0.39 is 10.0 Å². The number of anilines is 1. The van der Waals surface area contributed by atoms with E-state index in [4.69, 9.17) is 9.26 Å². The first-order valence-corrected chi connectivity index (χ1v) is 10.1.